The van der Waals surface area contributed by atoms with Crippen LogP contribution in [-0.4, -0.2) is 54.5 Å². The van der Waals surface area contributed by atoms with Gasteiger partial charge in [-0.2, -0.15) is 0 Å². The quantitative estimate of drug-likeness (QED) is 0.799. The van der Waals surface area contributed by atoms with Crippen LogP contribution in [0.25, 0.3) is 0 Å². The molecule has 4 rings (SSSR count). The van der Waals surface area contributed by atoms with Crippen LogP contribution in [0.5, 0.6) is 5.75 Å². The van der Waals surface area contributed by atoms with E-state index in [1.54, 1.807) is 4.90 Å². The molecule has 4 unspecified atom stereocenters. The lowest BCUT2D eigenvalue weighted by molar-refractivity contribution is -0.128. The van der Waals surface area contributed by atoms with Gasteiger partial charge < -0.3 is 20.3 Å². The third-order valence-corrected chi connectivity index (χ3v) is 6.11. The lowest BCUT2D eigenvalue weighted by Crippen LogP contribution is -2.47. The zero-order chi connectivity index (χ0) is 18.6. The lowest BCUT2D eigenvalue weighted by Gasteiger charge is -2.24. The standard InChI is InChI=1S/C21H29N3O3/c25-20-13-16(14-24(20)10-11-27-17-7-2-1-3-8-17)22-21(26)19-12-15-6-4-5-9-18(15)23-19/h1-3,7-8,15-16,18-19,23H,4-6,9-14H2,(H,22,26). The highest BCUT2D eigenvalue weighted by molar-refractivity contribution is 5.85. The molecule has 1 aliphatic carbocycles. The van der Waals surface area contributed by atoms with E-state index in [9.17, 15) is 9.59 Å². The Kier molecular flexibility index (Phi) is 5.62. The molecule has 6 heteroatoms. The van der Waals surface area contributed by atoms with Crippen LogP contribution in [0, 0.1) is 5.92 Å². The molecule has 4 atom stereocenters. The maximum Gasteiger partial charge on any atom is 0.237 e. The van der Waals surface area contributed by atoms with Gasteiger partial charge in [0.05, 0.1) is 18.6 Å². The minimum Gasteiger partial charge on any atom is -0.492 e. The summed E-state index contributed by atoms with van der Waals surface area (Å²) in [6, 6.07) is 9.92. The van der Waals surface area contributed by atoms with Crippen molar-refractivity contribution in [3.8, 4) is 5.75 Å². The van der Waals surface area contributed by atoms with Crippen molar-refractivity contribution in [2.75, 3.05) is 19.7 Å². The number of ether oxygens (including phenoxy) is 1. The number of carbonyl (C=O) groups is 2. The number of likely N-dealkylation sites (tertiary alicyclic amines) is 1. The summed E-state index contributed by atoms with van der Waals surface area (Å²) in [6.45, 7) is 1.58. The Morgan fingerprint density at radius 3 is 2.85 bits per heavy atom. The summed E-state index contributed by atoms with van der Waals surface area (Å²) in [6.07, 6.45) is 6.29. The molecule has 2 aliphatic heterocycles. The van der Waals surface area contributed by atoms with Crippen molar-refractivity contribution in [1.29, 1.82) is 0 Å². The first-order chi connectivity index (χ1) is 13.2. The Balaban J connectivity index is 1.21. The summed E-state index contributed by atoms with van der Waals surface area (Å²) in [5.41, 5.74) is 0. The summed E-state index contributed by atoms with van der Waals surface area (Å²) in [4.78, 5) is 26.7. The number of nitrogens with one attached hydrogen (secondary N) is 2. The number of benzene rings is 1. The smallest absolute Gasteiger partial charge is 0.237 e. The number of amides is 2. The van der Waals surface area contributed by atoms with Crippen molar-refractivity contribution in [1.82, 2.24) is 15.5 Å². The summed E-state index contributed by atoms with van der Waals surface area (Å²) >= 11 is 0. The molecule has 6 nitrogen and oxygen atoms in total. The lowest BCUT2D eigenvalue weighted by atomic mass is 9.85. The van der Waals surface area contributed by atoms with E-state index in [0.717, 1.165) is 12.2 Å². The molecule has 2 heterocycles. The van der Waals surface area contributed by atoms with Crippen LogP contribution >= 0.6 is 0 Å². The molecule has 1 aromatic rings. The van der Waals surface area contributed by atoms with Crippen molar-refractivity contribution in [2.24, 2.45) is 5.92 Å². The van der Waals surface area contributed by atoms with E-state index >= 15 is 0 Å². The molecule has 1 saturated carbocycles. The molecule has 3 aliphatic rings. The Bertz CT molecular complexity index is 652. The van der Waals surface area contributed by atoms with Crippen molar-refractivity contribution in [3.63, 3.8) is 0 Å². The molecule has 146 valence electrons. The van der Waals surface area contributed by atoms with Gasteiger partial charge in [0.15, 0.2) is 0 Å². The van der Waals surface area contributed by atoms with E-state index in [0.29, 0.717) is 38.1 Å². The Labute approximate surface area is 160 Å². The first-order valence-corrected chi connectivity index (χ1v) is 10.2. The fourth-order valence-electron chi connectivity index (χ4n) is 4.70. The van der Waals surface area contributed by atoms with Gasteiger partial charge in [0, 0.05) is 19.0 Å². The third kappa shape index (κ3) is 4.43. The molecular formula is C21H29N3O3. The average molecular weight is 371 g/mol. The van der Waals surface area contributed by atoms with Crippen LogP contribution < -0.4 is 15.4 Å². The maximum atomic E-state index is 12.6. The van der Waals surface area contributed by atoms with Crippen LogP contribution in [0.3, 0.4) is 0 Å². The van der Waals surface area contributed by atoms with E-state index in [4.69, 9.17) is 4.74 Å². The summed E-state index contributed by atoms with van der Waals surface area (Å²) in [5.74, 6) is 1.60. The summed E-state index contributed by atoms with van der Waals surface area (Å²) < 4.78 is 5.68. The van der Waals surface area contributed by atoms with Gasteiger partial charge in [-0.15, -0.1) is 0 Å². The summed E-state index contributed by atoms with van der Waals surface area (Å²) in [7, 11) is 0. The molecule has 27 heavy (non-hydrogen) atoms. The highest BCUT2D eigenvalue weighted by Gasteiger charge is 2.39. The molecule has 0 spiro atoms. The zero-order valence-electron chi connectivity index (χ0n) is 15.7. The van der Waals surface area contributed by atoms with Crippen LogP contribution in [0.2, 0.25) is 0 Å². The predicted molar refractivity (Wildman–Crippen MR) is 102 cm³/mol. The number of fused-ring (bicyclic) bond motifs is 1. The molecule has 2 N–H and O–H groups in total. The van der Waals surface area contributed by atoms with E-state index in [-0.39, 0.29) is 23.9 Å². The second-order valence-corrected chi connectivity index (χ2v) is 8.02. The molecule has 0 radical (unpaired) electrons. The third-order valence-electron chi connectivity index (χ3n) is 6.11. The first-order valence-electron chi connectivity index (χ1n) is 10.2. The van der Waals surface area contributed by atoms with Gasteiger partial charge in [-0.05, 0) is 37.3 Å². The van der Waals surface area contributed by atoms with Gasteiger partial charge in [-0.3, -0.25) is 9.59 Å². The summed E-state index contributed by atoms with van der Waals surface area (Å²) in [5, 5.41) is 6.61. The number of rotatable bonds is 6. The van der Waals surface area contributed by atoms with Gasteiger partial charge in [0.2, 0.25) is 11.8 Å². The minimum atomic E-state index is -0.0938. The van der Waals surface area contributed by atoms with E-state index in [1.807, 2.05) is 30.3 Å². The van der Waals surface area contributed by atoms with Crippen LogP contribution in [0.1, 0.15) is 38.5 Å². The molecular weight excluding hydrogens is 342 g/mol. The minimum absolute atomic E-state index is 0.0598. The number of hydrogen-bond acceptors (Lipinski definition) is 4. The molecule has 2 amide bonds. The number of nitrogens with zero attached hydrogens (tertiary/aromatic N) is 1. The molecule has 2 saturated heterocycles. The highest BCUT2D eigenvalue weighted by atomic mass is 16.5. The Morgan fingerprint density at radius 1 is 1.22 bits per heavy atom. The monoisotopic (exact) mass is 371 g/mol. The maximum absolute atomic E-state index is 12.6. The zero-order valence-corrected chi connectivity index (χ0v) is 15.7. The van der Waals surface area contributed by atoms with Crippen molar-refractivity contribution >= 4 is 11.8 Å². The largest absolute Gasteiger partial charge is 0.492 e. The second kappa shape index (κ2) is 8.30. The predicted octanol–water partition coefficient (Wildman–Crippen LogP) is 1.70. The number of carbonyl (C=O) groups excluding carboxylic acids is 2. The molecule has 3 fully saturated rings. The van der Waals surface area contributed by atoms with E-state index in [1.165, 1.54) is 25.7 Å². The van der Waals surface area contributed by atoms with Crippen molar-refractivity contribution in [3.05, 3.63) is 30.3 Å². The Hall–Kier alpha value is -2.08. The number of para-hydroxylation sites is 1. The number of hydrogen-bond donors (Lipinski definition) is 2. The van der Waals surface area contributed by atoms with E-state index < -0.39 is 0 Å². The average Bonchev–Trinajstić information content (AvgIpc) is 3.26. The fourth-order valence-corrected chi connectivity index (χ4v) is 4.70. The first kappa shape index (κ1) is 18.3. The van der Waals surface area contributed by atoms with Gasteiger partial charge >= 0.3 is 0 Å². The molecule has 0 aromatic heterocycles. The second-order valence-electron chi connectivity index (χ2n) is 8.02. The van der Waals surface area contributed by atoms with E-state index in [2.05, 4.69) is 10.6 Å². The van der Waals surface area contributed by atoms with Crippen molar-refractivity contribution in [2.45, 2.75) is 56.7 Å². The van der Waals surface area contributed by atoms with Gasteiger partial charge in [0.1, 0.15) is 12.4 Å². The van der Waals surface area contributed by atoms with Crippen LogP contribution in [0.15, 0.2) is 30.3 Å². The topological polar surface area (TPSA) is 70.7 Å². The van der Waals surface area contributed by atoms with Gasteiger partial charge in [0.25, 0.3) is 0 Å². The fraction of sp³-hybridized carbons (Fsp3) is 0.619. The highest BCUT2D eigenvalue weighted by Crippen LogP contribution is 2.33. The molecule has 1 aromatic carbocycles. The van der Waals surface area contributed by atoms with Crippen molar-refractivity contribution < 1.29 is 14.3 Å². The molecule has 0 bridgehead atoms. The van der Waals surface area contributed by atoms with Gasteiger partial charge in [-0.1, -0.05) is 31.0 Å². The van der Waals surface area contributed by atoms with Crippen LogP contribution in [0.4, 0.5) is 0 Å². The SMILES string of the molecule is O=C(NC1CC(=O)N(CCOc2ccccc2)C1)C1CC2CCCCC2N1. The normalized spacial score (nSPS) is 30.2. The van der Waals surface area contributed by atoms with Crippen LogP contribution in [-0.2, 0) is 9.59 Å². The Morgan fingerprint density at radius 2 is 2.04 bits per heavy atom. The van der Waals surface area contributed by atoms with Gasteiger partial charge in [-0.25, -0.2) is 0 Å².